The van der Waals surface area contributed by atoms with E-state index in [1.165, 1.54) is 0 Å². The molecular formula is C13H16F2N2O2S. The molecule has 1 aliphatic rings. The molecule has 0 aromatic heterocycles. The van der Waals surface area contributed by atoms with Gasteiger partial charge in [0.1, 0.15) is 4.90 Å². The Morgan fingerprint density at radius 1 is 1.35 bits per heavy atom. The molecule has 0 radical (unpaired) electrons. The van der Waals surface area contributed by atoms with Gasteiger partial charge in [-0.2, -0.15) is 4.31 Å². The van der Waals surface area contributed by atoms with Crippen LogP contribution >= 0.6 is 0 Å². The number of nitrogens with zero attached hydrogens (tertiary/aromatic N) is 1. The molecule has 4 nitrogen and oxygen atoms in total. The van der Waals surface area contributed by atoms with Crippen LogP contribution in [0.25, 0.3) is 0 Å². The third kappa shape index (κ3) is 2.74. The summed E-state index contributed by atoms with van der Waals surface area (Å²) in [6.07, 6.45) is 2.49. The van der Waals surface area contributed by atoms with Crippen molar-refractivity contribution >= 4 is 10.0 Å². The lowest BCUT2D eigenvalue weighted by molar-refractivity contribution is 0.418. The fourth-order valence-corrected chi connectivity index (χ4v) is 3.77. The topological polar surface area (TPSA) is 63.4 Å². The molecule has 0 aliphatic carbocycles. The number of hydrogen-bond acceptors (Lipinski definition) is 3. The minimum Gasteiger partial charge on any atom is -0.326 e. The van der Waals surface area contributed by atoms with Gasteiger partial charge >= 0.3 is 0 Å². The molecule has 0 amide bonds. The Morgan fingerprint density at radius 2 is 2.05 bits per heavy atom. The largest absolute Gasteiger partial charge is 0.326 e. The van der Waals surface area contributed by atoms with Gasteiger partial charge in [0.15, 0.2) is 11.6 Å². The highest BCUT2D eigenvalue weighted by Crippen LogP contribution is 2.25. The summed E-state index contributed by atoms with van der Waals surface area (Å²) in [5, 5.41) is 0. The van der Waals surface area contributed by atoms with Crippen molar-refractivity contribution in [2.45, 2.75) is 24.8 Å². The van der Waals surface area contributed by atoms with E-state index in [-0.39, 0.29) is 25.2 Å². The maximum Gasteiger partial charge on any atom is 0.246 e. The van der Waals surface area contributed by atoms with Gasteiger partial charge in [-0.15, -0.1) is 0 Å². The molecule has 0 bridgehead atoms. The second kappa shape index (κ2) is 5.59. The molecule has 7 heteroatoms. The van der Waals surface area contributed by atoms with Crippen molar-refractivity contribution in [3.63, 3.8) is 0 Å². The third-order valence-corrected chi connectivity index (χ3v) is 5.05. The number of nitrogens with two attached hydrogens (primary N) is 1. The Hall–Kier alpha value is -1.31. The van der Waals surface area contributed by atoms with E-state index in [9.17, 15) is 17.2 Å². The Bertz CT molecular complexity index is 657. The Balaban J connectivity index is 2.49. The summed E-state index contributed by atoms with van der Waals surface area (Å²) in [5.74, 6) is -2.55. The predicted molar refractivity (Wildman–Crippen MR) is 71.4 cm³/mol. The average molecular weight is 302 g/mol. The fraction of sp³-hybridized carbons (Fsp3) is 0.385. The molecule has 0 saturated carbocycles. The predicted octanol–water partition coefficient (Wildman–Crippen LogP) is 1.76. The Labute approximate surface area is 116 Å². The van der Waals surface area contributed by atoms with Crippen LogP contribution in [-0.2, 0) is 16.6 Å². The van der Waals surface area contributed by atoms with Gasteiger partial charge in [0.25, 0.3) is 0 Å². The standard InChI is InChI=1S/C13H16F2N2O2S/c1-9-3-2-4-17(8-9)20(18,19)12-6-10(7-16)5-11(14)13(12)15/h3,5-6H,2,4,7-8,16H2,1H3. The van der Waals surface area contributed by atoms with Crippen molar-refractivity contribution < 1.29 is 17.2 Å². The highest BCUT2D eigenvalue weighted by atomic mass is 32.2. The molecule has 0 unspecified atom stereocenters. The third-order valence-electron chi connectivity index (χ3n) is 3.21. The summed E-state index contributed by atoms with van der Waals surface area (Å²) in [4.78, 5) is -0.646. The summed E-state index contributed by atoms with van der Waals surface area (Å²) < 4.78 is 53.3. The van der Waals surface area contributed by atoms with Crippen molar-refractivity contribution in [1.82, 2.24) is 4.31 Å². The van der Waals surface area contributed by atoms with Gasteiger partial charge in [-0.05, 0) is 31.0 Å². The van der Waals surface area contributed by atoms with Gasteiger partial charge in [-0.1, -0.05) is 11.6 Å². The lowest BCUT2D eigenvalue weighted by Crippen LogP contribution is -2.36. The van der Waals surface area contributed by atoms with Crippen molar-refractivity contribution in [2.75, 3.05) is 13.1 Å². The zero-order chi connectivity index (χ0) is 14.9. The average Bonchev–Trinajstić information content (AvgIpc) is 2.41. The van der Waals surface area contributed by atoms with Crippen LogP contribution in [0.1, 0.15) is 18.9 Å². The molecule has 2 rings (SSSR count). The van der Waals surface area contributed by atoms with E-state index in [4.69, 9.17) is 5.73 Å². The highest BCUT2D eigenvalue weighted by molar-refractivity contribution is 7.89. The number of halogens is 2. The molecule has 0 saturated heterocycles. The molecule has 1 aliphatic heterocycles. The maximum absolute atomic E-state index is 13.8. The summed E-state index contributed by atoms with van der Waals surface area (Å²) in [6.45, 7) is 2.19. The minimum absolute atomic E-state index is 0.0569. The number of benzene rings is 1. The molecule has 1 heterocycles. The summed E-state index contributed by atoms with van der Waals surface area (Å²) >= 11 is 0. The number of rotatable bonds is 3. The van der Waals surface area contributed by atoms with Gasteiger partial charge in [0, 0.05) is 19.6 Å². The lowest BCUT2D eigenvalue weighted by Gasteiger charge is -2.25. The number of sulfonamides is 1. The van der Waals surface area contributed by atoms with Crippen LogP contribution in [0.15, 0.2) is 28.7 Å². The summed E-state index contributed by atoms with van der Waals surface area (Å²) in [7, 11) is -4.06. The van der Waals surface area contributed by atoms with Crippen LogP contribution in [0.4, 0.5) is 8.78 Å². The van der Waals surface area contributed by atoms with E-state index in [1.807, 2.05) is 6.08 Å². The van der Waals surface area contributed by atoms with E-state index >= 15 is 0 Å². The Kier molecular flexibility index (Phi) is 4.22. The molecular weight excluding hydrogens is 286 g/mol. The van der Waals surface area contributed by atoms with E-state index in [0.29, 0.717) is 6.42 Å². The number of hydrogen-bond donors (Lipinski definition) is 1. The first-order chi connectivity index (χ1) is 9.36. The van der Waals surface area contributed by atoms with Gasteiger partial charge < -0.3 is 5.73 Å². The first-order valence-electron chi connectivity index (χ1n) is 6.20. The van der Waals surface area contributed by atoms with Gasteiger partial charge in [-0.25, -0.2) is 17.2 Å². The van der Waals surface area contributed by atoms with Crippen LogP contribution in [0.3, 0.4) is 0 Å². The van der Waals surface area contributed by atoms with Crippen molar-refractivity contribution in [2.24, 2.45) is 5.73 Å². The quantitative estimate of drug-likeness (QED) is 0.865. The molecule has 1 aromatic rings. The minimum atomic E-state index is -4.06. The molecule has 2 N–H and O–H groups in total. The van der Waals surface area contributed by atoms with E-state index in [0.717, 1.165) is 22.0 Å². The van der Waals surface area contributed by atoms with Crippen LogP contribution in [0.5, 0.6) is 0 Å². The lowest BCUT2D eigenvalue weighted by atomic mass is 10.2. The highest BCUT2D eigenvalue weighted by Gasteiger charge is 2.30. The zero-order valence-electron chi connectivity index (χ0n) is 11.1. The second-order valence-corrected chi connectivity index (χ2v) is 6.68. The van der Waals surface area contributed by atoms with Crippen LogP contribution in [-0.4, -0.2) is 25.8 Å². The first-order valence-corrected chi connectivity index (χ1v) is 7.64. The SMILES string of the molecule is CC1=CCCN(S(=O)(=O)c2cc(CN)cc(F)c2F)C1. The van der Waals surface area contributed by atoms with Gasteiger partial charge in [0.2, 0.25) is 10.0 Å². The van der Waals surface area contributed by atoms with Crippen molar-refractivity contribution in [1.29, 1.82) is 0 Å². The normalized spacial score (nSPS) is 17.1. The second-order valence-electron chi connectivity index (χ2n) is 4.77. The molecule has 0 atom stereocenters. The molecule has 0 spiro atoms. The fourth-order valence-electron chi connectivity index (χ4n) is 2.14. The van der Waals surface area contributed by atoms with Crippen molar-refractivity contribution in [3.8, 4) is 0 Å². The van der Waals surface area contributed by atoms with E-state index < -0.39 is 26.6 Å². The molecule has 0 fully saturated rings. The summed E-state index contributed by atoms with van der Waals surface area (Å²) in [5.41, 5.74) is 6.50. The zero-order valence-corrected chi connectivity index (χ0v) is 11.9. The monoisotopic (exact) mass is 302 g/mol. The molecule has 20 heavy (non-hydrogen) atoms. The van der Waals surface area contributed by atoms with Gasteiger partial charge in [-0.3, -0.25) is 0 Å². The molecule has 1 aromatic carbocycles. The summed E-state index contributed by atoms with van der Waals surface area (Å²) in [6, 6.07) is 2.01. The van der Waals surface area contributed by atoms with Crippen LogP contribution < -0.4 is 5.73 Å². The maximum atomic E-state index is 13.8. The first kappa shape index (κ1) is 15.1. The van der Waals surface area contributed by atoms with Crippen molar-refractivity contribution in [3.05, 3.63) is 41.0 Å². The van der Waals surface area contributed by atoms with Gasteiger partial charge in [0.05, 0.1) is 0 Å². The van der Waals surface area contributed by atoms with Crippen LogP contribution in [0.2, 0.25) is 0 Å². The van der Waals surface area contributed by atoms with E-state index in [1.54, 1.807) is 6.92 Å². The van der Waals surface area contributed by atoms with E-state index in [2.05, 4.69) is 0 Å². The smallest absolute Gasteiger partial charge is 0.246 e. The van der Waals surface area contributed by atoms with Crippen LogP contribution in [0, 0.1) is 11.6 Å². The molecule has 110 valence electrons. The Morgan fingerprint density at radius 3 is 2.65 bits per heavy atom.